The average molecular weight is 848 g/mol. The van der Waals surface area contributed by atoms with E-state index in [-0.39, 0.29) is 0 Å². The Morgan fingerprint density at radius 3 is 1.68 bits per heavy atom. The molecule has 0 fully saturated rings. The summed E-state index contributed by atoms with van der Waals surface area (Å²) in [6, 6.07) is 76.7. The molecule has 1 aliphatic rings. The van der Waals surface area contributed by atoms with Crippen LogP contribution in [0.4, 0.5) is 0 Å². The first-order valence-corrected chi connectivity index (χ1v) is 22.9. The number of fused-ring (bicyclic) bond motifs is 6. The highest BCUT2D eigenvalue weighted by Crippen LogP contribution is 2.57. The highest BCUT2D eigenvalue weighted by Gasteiger charge is 2.47. The molecule has 0 radical (unpaired) electrons. The Bertz CT molecular complexity index is 3500. The summed E-state index contributed by atoms with van der Waals surface area (Å²) in [6.45, 7) is 8.76. The number of furan rings is 1. The monoisotopic (exact) mass is 847 g/mol. The third-order valence-corrected chi connectivity index (χ3v) is 13.7. The molecule has 9 aromatic carbocycles. The average Bonchev–Trinajstić information content (AvgIpc) is 3.90. The van der Waals surface area contributed by atoms with Gasteiger partial charge in [0.1, 0.15) is 11.2 Å². The fraction of sp³-hybridized carbons (Fsp3) is 0.0781. The lowest BCUT2D eigenvalue weighted by molar-refractivity contribution is 0.670. The lowest BCUT2D eigenvalue weighted by atomic mass is 9.65. The van der Waals surface area contributed by atoms with Crippen molar-refractivity contribution in [2.45, 2.75) is 33.1 Å². The van der Waals surface area contributed by atoms with E-state index in [1.165, 1.54) is 55.6 Å². The molecule has 10 aromatic rings. The van der Waals surface area contributed by atoms with Crippen molar-refractivity contribution in [3.05, 3.63) is 275 Å². The van der Waals surface area contributed by atoms with Crippen LogP contribution < -0.4 is 0 Å². The summed E-state index contributed by atoms with van der Waals surface area (Å²) in [6.07, 6.45) is 4.40. The second kappa shape index (κ2) is 16.8. The Labute approximate surface area is 387 Å². The smallest absolute Gasteiger partial charge is 0.143 e. The Balaban J connectivity index is 0.989. The summed E-state index contributed by atoms with van der Waals surface area (Å²) in [5, 5.41) is 2.27. The Morgan fingerprint density at radius 1 is 0.455 bits per heavy atom. The molecular formula is C64H49NO. The molecule has 0 spiro atoms. The number of hydrogen-bond donors (Lipinski definition) is 0. The fourth-order valence-electron chi connectivity index (χ4n) is 10.5. The molecule has 2 nitrogen and oxygen atoms in total. The van der Waals surface area contributed by atoms with Gasteiger partial charge in [-0.1, -0.05) is 212 Å². The minimum atomic E-state index is -0.472. The number of aliphatic imine (C=N–C) groups is 1. The topological polar surface area (TPSA) is 25.5 Å². The summed E-state index contributed by atoms with van der Waals surface area (Å²) >= 11 is 0. The number of nitrogens with zero attached hydrogens (tertiary/aromatic N) is 1. The minimum Gasteiger partial charge on any atom is -0.455 e. The summed E-state index contributed by atoms with van der Waals surface area (Å²) in [4.78, 5) is 5.35. The molecule has 11 rings (SSSR count). The minimum absolute atomic E-state index is 0.472. The SMILES string of the molecule is C/C=C(/C=C(\N=C(/C)c1ccccc1)c1ccc(-c2cccc(C3(c4ccccc4C)c4ccccc4-c4ccccc43)c2C)cc1)c1ccc(-c2cccc3c2oc2ccccc23)cc1. The quantitative estimate of drug-likeness (QED) is 0.105. The van der Waals surface area contributed by atoms with Gasteiger partial charge >= 0.3 is 0 Å². The second-order valence-electron chi connectivity index (χ2n) is 17.4. The third kappa shape index (κ3) is 6.77. The normalized spacial score (nSPS) is 13.5. The van der Waals surface area contributed by atoms with Crippen molar-refractivity contribution in [1.29, 1.82) is 0 Å². The van der Waals surface area contributed by atoms with E-state index in [0.717, 1.165) is 66.7 Å². The van der Waals surface area contributed by atoms with E-state index in [9.17, 15) is 0 Å². The number of allylic oxidation sites excluding steroid dienone is 3. The van der Waals surface area contributed by atoms with Gasteiger partial charge in [-0.3, -0.25) is 4.99 Å². The van der Waals surface area contributed by atoms with Crippen LogP contribution in [-0.4, -0.2) is 5.71 Å². The van der Waals surface area contributed by atoms with Gasteiger partial charge < -0.3 is 4.42 Å². The molecule has 1 heterocycles. The van der Waals surface area contributed by atoms with E-state index in [2.05, 4.69) is 234 Å². The fourth-order valence-corrected chi connectivity index (χ4v) is 10.5. The van der Waals surface area contributed by atoms with E-state index in [0.29, 0.717) is 0 Å². The van der Waals surface area contributed by atoms with Crippen molar-refractivity contribution in [1.82, 2.24) is 0 Å². The Morgan fingerprint density at radius 2 is 0.985 bits per heavy atom. The van der Waals surface area contributed by atoms with Gasteiger partial charge in [0.05, 0.1) is 11.1 Å². The predicted molar refractivity (Wildman–Crippen MR) is 278 cm³/mol. The van der Waals surface area contributed by atoms with Crippen LogP contribution in [0.25, 0.3) is 66.6 Å². The van der Waals surface area contributed by atoms with Crippen molar-refractivity contribution in [2.24, 2.45) is 4.99 Å². The van der Waals surface area contributed by atoms with E-state index in [1.54, 1.807) is 0 Å². The van der Waals surface area contributed by atoms with E-state index in [1.807, 2.05) is 18.2 Å². The molecule has 1 aromatic heterocycles. The number of rotatable bonds is 9. The highest BCUT2D eigenvalue weighted by molar-refractivity contribution is 6.09. The zero-order valence-electron chi connectivity index (χ0n) is 37.7. The molecule has 0 bridgehead atoms. The number of aryl methyl sites for hydroxylation is 1. The molecular weight excluding hydrogens is 799 g/mol. The van der Waals surface area contributed by atoms with Crippen LogP contribution >= 0.6 is 0 Å². The molecule has 66 heavy (non-hydrogen) atoms. The zero-order valence-corrected chi connectivity index (χ0v) is 37.7. The molecule has 0 aliphatic heterocycles. The molecule has 0 saturated heterocycles. The lowest BCUT2D eigenvalue weighted by Gasteiger charge is -2.36. The molecule has 0 unspecified atom stereocenters. The van der Waals surface area contributed by atoms with E-state index < -0.39 is 5.41 Å². The molecule has 2 heteroatoms. The van der Waals surface area contributed by atoms with Crippen LogP contribution in [0.1, 0.15) is 63.9 Å². The van der Waals surface area contributed by atoms with Crippen LogP contribution in [0.15, 0.2) is 234 Å². The standard InChI is InChI=1S/C64H49NO/c1-5-45(47-33-35-49(36-34-47)52-26-17-27-56-55-24-12-16-32-62(55)66-63(52)56)41-61(65-44(4)46-20-7-6-8-21-46)50-39-37-48(38-40-50)51-25-18-31-58(43(51)3)64(57-28-13-9-19-42(57)2)59-29-14-10-22-53(59)54-23-11-15-30-60(54)64/h5-41H,1-4H3/b45-5-,61-41-,65-44+. The lowest BCUT2D eigenvalue weighted by Crippen LogP contribution is -2.30. The van der Waals surface area contributed by atoms with Crippen LogP contribution in [-0.2, 0) is 5.41 Å². The largest absolute Gasteiger partial charge is 0.455 e. The molecule has 0 saturated carbocycles. The maximum atomic E-state index is 6.40. The number of hydrogen-bond acceptors (Lipinski definition) is 2. The van der Waals surface area contributed by atoms with Crippen LogP contribution in [0.3, 0.4) is 0 Å². The van der Waals surface area contributed by atoms with Gasteiger partial charge in [0.2, 0.25) is 0 Å². The predicted octanol–water partition coefficient (Wildman–Crippen LogP) is 16.9. The third-order valence-electron chi connectivity index (χ3n) is 13.7. The van der Waals surface area contributed by atoms with Crippen molar-refractivity contribution >= 4 is 38.9 Å². The van der Waals surface area contributed by atoms with Crippen molar-refractivity contribution in [3.63, 3.8) is 0 Å². The van der Waals surface area contributed by atoms with Gasteiger partial charge in [-0.25, -0.2) is 0 Å². The van der Waals surface area contributed by atoms with Crippen LogP contribution in [0.2, 0.25) is 0 Å². The highest BCUT2D eigenvalue weighted by atomic mass is 16.3. The van der Waals surface area contributed by atoms with Crippen molar-refractivity contribution in [2.75, 3.05) is 0 Å². The first kappa shape index (κ1) is 40.7. The van der Waals surface area contributed by atoms with E-state index in [4.69, 9.17) is 9.41 Å². The Kier molecular flexibility index (Phi) is 10.4. The summed E-state index contributed by atoms with van der Waals surface area (Å²) < 4.78 is 6.40. The number of para-hydroxylation sites is 2. The van der Waals surface area contributed by atoms with Gasteiger partial charge in [-0.2, -0.15) is 0 Å². The second-order valence-corrected chi connectivity index (χ2v) is 17.4. The molecule has 0 atom stereocenters. The maximum absolute atomic E-state index is 6.40. The Hall–Kier alpha value is -8.07. The molecule has 316 valence electrons. The maximum Gasteiger partial charge on any atom is 0.143 e. The van der Waals surface area contributed by atoms with Crippen molar-refractivity contribution < 1.29 is 4.42 Å². The van der Waals surface area contributed by atoms with Gasteiger partial charge in [0.25, 0.3) is 0 Å². The molecule has 0 N–H and O–H groups in total. The van der Waals surface area contributed by atoms with Gasteiger partial charge in [-0.05, 0) is 118 Å². The molecule has 0 amide bonds. The number of benzene rings is 9. The van der Waals surface area contributed by atoms with E-state index >= 15 is 0 Å². The van der Waals surface area contributed by atoms with Gasteiger partial charge in [0.15, 0.2) is 0 Å². The molecule has 1 aliphatic carbocycles. The van der Waals surface area contributed by atoms with Crippen LogP contribution in [0.5, 0.6) is 0 Å². The van der Waals surface area contributed by atoms with Crippen molar-refractivity contribution in [3.8, 4) is 33.4 Å². The summed E-state index contributed by atoms with van der Waals surface area (Å²) in [5.74, 6) is 0. The van der Waals surface area contributed by atoms with Gasteiger partial charge in [-0.15, -0.1) is 0 Å². The van der Waals surface area contributed by atoms with Crippen LogP contribution in [0, 0.1) is 13.8 Å². The zero-order chi connectivity index (χ0) is 44.8. The summed E-state index contributed by atoms with van der Waals surface area (Å²) in [7, 11) is 0. The first-order chi connectivity index (χ1) is 32.4. The summed E-state index contributed by atoms with van der Waals surface area (Å²) in [5.41, 5.74) is 22.6. The first-order valence-electron chi connectivity index (χ1n) is 22.9. The van der Waals surface area contributed by atoms with Gasteiger partial charge in [0, 0.05) is 27.6 Å².